The molecule has 0 radical (unpaired) electrons. The van der Waals surface area contributed by atoms with Gasteiger partial charge in [-0.3, -0.25) is 4.79 Å². The average Bonchev–Trinajstić information content (AvgIpc) is 2.83. The van der Waals surface area contributed by atoms with Crippen LogP contribution in [0.25, 0.3) is 0 Å². The Kier molecular flexibility index (Phi) is 7.01. The van der Waals surface area contributed by atoms with E-state index in [-0.39, 0.29) is 16.7 Å². The summed E-state index contributed by atoms with van der Waals surface area (Å²) in [6, 6.07) is 12.7. The molecule has 0 saturated carbocycles. The number of hydrogen-bond acceptors (Lipinski definition) is 5. The maximum Gasteiger partial charge on any atom is 0.243 e. The van der Waals surface area contributed by atoms with E-state index in [1.54, 1.807) is 12.1 Å². The summed E-state index contributed by atoms with van der Waals surface area (Å²) in [6.07, 6.45) is 4.33. The topological polar surface area (TPSA) is 84.9 Å². The number of fused-ring (bicyclic) bond motifs is 1. The Balaban J connectivity index is 1.33. The number of carbonyl (C=O) groups excluding carboxylic acids is 1. The number of amides is 1. The van der Waals surface area contributed by atoms with Gasteiger partial charge in [0.2, 0.25) is 15.9 Å². The summed E-state index contributed by atoms with van der Waals surface area (Å²) in [5, 5.41) is 2.98. The molecule has 8 heteroatoms. The highest BCUT2D eigenvalue weighted by atomic mass is 32.2. The van der Waals surface area contributed by atoms with E-state index in [0.717, 1.165) is 24.9 Å². The minimum absolute atomic E-state index is 0.0531. The predicted octanol–water partition coefficient (Wildman–Crippen LogP) is 3.84. The van der Waals surface area contributed by atoms with Crippen molar-refractivity contribution in [2.24, 2.45) is 5.92 Å². The van der Waals surface area contributed by atoms with E-state index in [1.165, 1.54) is 15.9 Å². The van der Waals surface area contributed by atoms with Crippen molar-refractivity contribution in [3.63, 3.8) is 0 Å². The van der Waals surface area contributed by atoms with Gasteiger partial charge in [-0.25, -0.2) is 8.42 Å². The lowest BCUT2D eigenvalue weighted by molar-refractivity contribution is -0.120. The molecule has 0 aliphatic carbocycles. The largest absolute Gasteiger partial charge is 0.486 e. The first-order valence-corrected chi connectivity index (χ1v) is 12.7. The zero-order valence-corrected chi connectivity index (χ0v) is 19.2. The number of ether oxygens (including phenoxy) is 2. The third-order valence-corrected chi connectivity index (χ3v) is 7.91. The monoisotopic (exact) mass is 458 g/mol. The second kappa shape index (κ2) is 9.92. The Bertz CT molecular complexity index is 1040. The molecule has 1 saturated heterocycles. The zero-order valence-electron chi connectivity index (χ0n) is 18.4. The van der Waals surface area contributed by atoms with Crippen molar-refractivity contribution in [1.82, 2.24) is 4.31 Å². The molecule has 32 heavy (non-hydrogen) atoms. The van der Waals surface area contributed by atoms with E-state index in [9.17, 15) is 13.2 Å². The molecule has 0 bridgehead atoms. The van der Waals surface area contributed by atoms with Crippen molar-refractivity contribution in [3.8, 4) is 11.5 Å². The maximum absolute atomic E-state index is 13.1. The maximum atomic E-state index is 13.1. The predicted molar refractivity (Wildman–Crippen MR) is 123 cm³/mol. The number of sulfonamides is 1. The molecule has 2 aliphatic heterocycles. The first kappa shape index (κ1) is 22.6. The van der Waals surface area contributed by atoms with Crippen LogP contribution in [0.15, 0.2) is 47.4 Å². The lowest BCUT2D eigenvalue weighted by Crippen LogP contribution is -2.41. The number of anilines is 1. The van der Waals surface area contributed by atoms with Gasteiger partial charge in [0.15, 0.2) is 11.5 Å². The molecule has 0 atom stereocenters. The van der Waals surface area contributed by atoms with Crippen LogP contribution in [-0.4, -0.2) is 44.9 Å². The van der Waals surface area contributed by atoms with Gasteiger partial charge in [-0.15, -0.1) is 0 Å². The van der Waals surface area contributed by atoms with Gasteiger partial charge in [0.05, 0.1) is 4.90 Å². The Morgan fingerprint density at radius 1 is 1.03 bits per heavy atom. The van der Waals surface area contributed by atoms with Crippen molar-refractivity contribution < 1.29 is 22.7 Å². The standard InChI is InChI=1S/C24H30N2O5S/c1-2-3-4-18-5-7-20(8-6-18)25-24(27)19-11-13-26(14-12-19)32(28,29)21-9-10-22-23(17-21)31-16-15-30-22/h5-10,17,19H,2-4,11-16H2,1H3,(H,25,27). The summed E-state index contributed by atoms with van der Waals surface area (Å²) in [6.45, 7) is 3.65. The molecule has 172 valence electrons. The molecular formula is C24H30N2O5S. The minimum atomic E-state index is -3.65. The van der Waals surface area contributed by atoms with E-state index in [1.807, 2.05) is 24.3 Å². The van der Waals surface area contributed by atoms with Crippen LogP contribution in [0.5, 0.6) is 11.5 Å². The summed E-state index contributed by atoms with van der Waals surface area (Å²) in [5.41, 5.74) is 2.05. The van der Waals surface area contributed by atoms with Crippen LogP contribution in [0, 0.1) is 5.92 Å². The van der Waals surface area contributed by atoms with E-state index in [4.69, 9.17) is 9.47 Å². The number of benzene rings is 2. The fourth-order valence-corrected chi connectivity index (χ4v) is 5.56. The van der Waals surface area contributed by atoms with Gasteiger partial charge < -0.3 is 14.8 Å². The molecule has 4 rings (SSSR count). The van der Waals surface area contributed by atoms with Gasteiger partial charge in [-0.1, -0.05) is 25.5 Å². The normalized spacial score (nSPS) is 17.2. The summed E-state index contributed by atoms with van der Waals surface area (Å²) < 4.78 is 38.6. The van der Waals surface area contributed by atoms with Gasteiger partial charge in [-0.05, 0) is 55.5 Å². The highest BCUT2D eigenvalue weighted by Crippen LogP contribution is 2.34. The first-order valence-electron chi connectivity index (χ1n) is 11.3. The molecule has 1 amide bonds. The summed E-state index contributed by atoms with van der Waals surface area (Å²) >= 11 is 0. The van der Waals surface area contributed by atoms with Crippen molar-refractivity contribution in [3.05, 3.63) is 48.0 Å². The number of rotatable bonds is 7. The number of unbranched alkanes of at least 4 members (excludes halogenated alkanes) is 1. The zero-order chi connectivity index (χ0) is 22.6. The first-order chi connectivity index (χ1) is 15.5. The SMILES string of the molecule is CCCCc1ccc(NC(=O)C2CCN(S(=O)(=O)c3ccc4c(c3)OCCO4)CC2)cc1. The second-order valence-electron chi connectivity index (χ2n) is 8.27. The quantitative estimate of drug-likeness (QED) is 0.681. The molecule has 2 aliphatic rings. The van der Waals surface area contributed by atoms with Crippen LogP contribution in [0.1, 0.15) is 38.2 Å². The number of aryl methyl sites for hydroxylation is 1. The van der Waals surface area contributed by atoms with Crippen LogP contribution in [0.3, 0.4) is 0 Å². The van der Waals surface area contributed by atoms with Crippen molar-refractivity contribution >= 4 is 21.6 Å². The molecule has 2 aromatic rings. The number of piperidine rings is 1. The molecule has 1 fully saturated rings. The average molecular weight is 459 g/mol. The fraction of sp³-hybridized carbons (Fsp3) is 0.458. The second-order valence-corrected chi connectivity index (χ2v) is 10.2. The van der Waals surface area contributed by atoms with Crippen LogP contribution >= 0.6 is 0 Å². The molecule has 1 N–H and O–H groups in total. The third kappa shape index (κ3) is 5.07. The van der Waals surface area contributed by atoms with E-state index in [2.05, 4.69) is 12.2 Å². The lowest BCUT2D eigenvalue weighted by Gasteiger charge is -2.30. The molecule has 0 aromatic heterocycles. The van der Waals surface area contributed by atoms with Gasteiger partial charge >= 0.3 is 0 Å². The molecule has 2 heterocycles. The lowest BCUT2D eigenvalue weighted by atomic mass is 9.97. The number of nitrogens with zero attached hydrogens (tertiary/aromatic N) is 1. The van der Waals surface area contributed by atoms with Crippen LogP contribution in [0.2, 0.25) is 0 Å². The number of nitrogens with one attached hydrogen (secondary N) is 1. The smallest absolute Gasteiger partial charge is 0.243 e. The van der Waals surface area contributed by atoms with Gasteiger partial charge in [0.25, 0.3) is 0 Å². The third-order valence-electron chi connectivity index (χ3n) is 6.02. The van der Waals surface area contributed by atoms with Crippen LogP contribution in [0.4, 0.5) is 5.69 Å². The van der Waals surface area contributed by atoms with Crippen molar-refractivity contribution in [2.75, 3.05) is 31.6 Å². The van der Waals surface area contributed by atoms with E-state index in [0.29, 0.717) is 50.6 Å². The molecular weight excluding hydrogens is 428 g/mol. The van der Waals surface area contributed by atoms with Gasteiger partial charge in [0, 0.05) is 30.8 Å². The Morgan fingerprint density at radius 2 is 1.72 bits per heavy atom. The summed E-state index contributed by atoms with van der Waals surface area (Å²) in [5.74, 6) is 0.750. The van der Waals surface area contributed by atoms with Crippen LogP contribution < -0.4 is 14.8 Å². The molecule has 0 unspecified atom stereocenters. The highest BCUT2D eigenvalue weighted by Gasteiger charge is 2.33. The van der Waals surface area contributed by atoms with Crippen LogP contribution in [-0.2, 0) is 21.2 Å². The number of hydrogen-bond donors (Lipinski definition) is 1. The van der Waals surface area contributed by atoms with Gasteiger partial charge in [-0.2, -0.15) is 4.31 Å². The highest BCUT2D eigenvalue weighted by molar-refractivity contribution is 7.89. The molecule has 2 aromatic carbocycles. The molecule has 0 spiro atoms. The Labute approximate surface area is 189 Å². The summed E-state index contributed by atoms with van der Waals surface area (Å²) in [4.78, 5) is 12.9. The van der Waals surface area contributed by atoms with Crippen molar-refractivity contribution in [1.29, 1.82) is 0 Å². The molecule has 7 nitrogen and oxygen atoms in total. The minimum Gasteiger partial charge on any atom is -0.486 e. The summed E-state index contributed by atoms with van der Waals surface area (Å²) in [7, 11) is -3.65. The van der Waals surface area contributed by atoms with E-state index >= 15 is 0 Å². The van der Waals surface area contributed by atoms with E-state index < -0.39 is 10.0 Å². The Morgan fingerprint density at radius 3 is 2.41 bits per heavy atom. The fourth-order valence-electron chi connectivity index (χ4n) is 4.07. The van der Waals surface area contributed by atoms with Gasteiger partial charge in [0.1, 0.15) is 13.2 Å². The Hall–Kier alpha value is -2.58. The number of carbonyl (C=O) groups is 1. The van der Waals surface area contributed by atoms with Crippen molar-refractivity contribution in [2.45, 2.75) is 43.9 Å².